The number of nitrogen functional groups attached to an aromatic ring is 1. The third-order valence-corrected chi connectivity index (χ3v) is 7.04. The number of aliphatic hydroxyl groups is 1. The van der Waals surface area contributed by atoms with E-state index < -0.39 is 11.7 Å². The SMILES string of the molecule is COc1ccc(F)cc1C(=O)NCc1ccc(-c2nc([C@H]3CC[C@H](CO)CC3)n3ncnc(N)c23)cc1. The lowest BCUT2D eigenvalue weighted by Crippen LogP contribution is -2.23. The van der Waals surface area contributed by atoms with Crippen LogP contribution in [0.2, 0.25) is 0 Å². The van der Waals surface area contributed by atoms with E-state index in [4.69, 9.17) is 15.5 Å². The van der Waals surface area contributed by atoms with Gasteiger partial charge in [-0.05, 0) is 55.4 Å². The van der Waals surface area contributed by atoms with Crippen LogP contribution in [-0.4, -0.2) is 44.3 Å². The summed E-state index contributed by atoms with van der Waals surface area (Å²) < 4.78 is 20.6. The predicted octanol–water partition coefficient (Wildman–Crippen LogP) is 3.72. The number of carbonyl (C=O) groups excluding carboxylic acids is 1. The molecule has 0 unspecified atom stereocenters. The van der Waals surface area contributed by atoms with Gasteiger partial charge >= 0.3 is 0 Å². The molecule has 9 nitrogen and oxygen atoms in total. The number of nitrogens with zero attached hydrogens (tertiary/aromatic N) is 4. The molecule has 2 aromatic carbocycles. The Kier molecular flexibility index (Phi) is 7.00. The first kappa shape index (κ1) is 24.6. The molecule has 37 heavy (non-hydrogen) atoms. The maximum absolute atomic E-state index is 13.6. The molecule has 1 fully saturated rings. The second kappa shape index (κ2) is 10.5. The number of halogens is 1. The van der Waals surface area contributed by atoms with Gasteiger partial charge in [0, 0.05) is 24.6 Å². The molecule has 2 aromatic heterocycles. The Labute approximate surface area is 213 Å². The van der Waals surface area contributed by atoms with Crippen molar-refractivity contribution in [3.8, 4) is 17.0 Å². The molecule has 0 saturated heterocycles. The Morgan fingerprint density at radius 2 is 1.95 bits per heavy atom. The fourth-order valence-corrected chi connectivity index (χ4v) is 4.96. The molecule has 1 saturated carbocycles. The number of nitrogens with one attached hydrogen (secondary N) is 1. The Morgan fingerprint density at radius 3 is 2.65 bits per heavy atom. The van der Waals surface area contributed by atoms with E-state index >= 15 is 0 Å². The molecule has 192 valence electrons. The van der Waals surface area contributed by atoms with Crippen molar-refractivity contribution in [2.45, 2.75) is 38.1 Å². The third-order valence-electron chi connectivity index (χ3n) is 7.04. The van der Waals surface area contributed by atoms with Gasteiger partial charge in [-0.2, -0.15) is 5.10 Å². The van der Waals surface area contributed by atoms with Crippen LogP contribution in [0.15, 0.2) is 48.8 Å². The highest BCUT2D eigenvalue weighted by atomic mass is 19.1. The fraction of sp³-hybridized carbons (Fsp3) is 0.333. The molecule has 4 N–H and O–H groups in total. The number of carbonyl (C=O) groups is 1. The van der Waals surface area contributed by atoms with Gasteiger partial charge in [-0.15, -0.1) is 0 Å². The number of fused-ring (bicyclic) bond motifs is 1. The smallest absolute Gasteiger partial charge is 0.255 e. The highest BCUT2D eigenvalue weighted by Crippen LogP contribution is 2.38. The van der Waals surface area contributed by atoms with Gasteiger partial charge in [0.2, 0.25) is 0 Å². The second-order valence-electron chi connectivity index (χ2n) is 9.35. The lowest BCUT2D eigenvalue weighted by molar-refractivity contribution is 0.0947. The van der Waals surface area contributed by atoms with Crippen LogP contribution in [0.5, 0.6) is 5.75 Å². The molecule has 0 spiro atoms. The molecular formula is C27H29FN6O3. The first-order valence-electron chi connectivity index (χ1n) is 12.3. The molecule has 1 amide bonds. The fourth-order valence-electron chi connectivity index (χ4n) is 4.96. The van der Waals surface area contributed by atoms with Crippen LogP contribution >= 0.6 is 0 Å². The first-order chi connectivity index (χ1) is 18.0. The Bertz CT molecular complexity index is 1410. The Morgan fingerprint density at radius 1 is 1.19 bits per heavy atom. The number of aliphatic hydroxyl groups excluding tert-OH is 1. The van der Waals surface area contributed by atoms with Crippen molar-refractivity contribution >= 4 is 17.2 Å². The van der Waals surface area contributed by atoms with Crippen LogP contribution in [-0.2, 0) is 6.54 Å². The lowest BCUT2D eigenvalue weighted by Gasteiger charge is -2.26. The summed E-state index contributed by atoms with van der Waals surface area (Å²) in [6, 6.07) is 11.5. The minimum absolute atomic E-state index is 0.139. The highest BCUT2D eigenvalue weighted by molar-refractivity contribution is 5.96. The van der Waals surface area contributed by atoms with Gasteiger partial charge in [0.25, 0.3) is 5.91 Å². The average molecular weight is 505 g/mol. The Balaban J connectivity index is 1.36. The van der Waals surface area contributed by atoms with Gasteiger partial charge in [0.1, 0.15) is 34.9 Å². The summed E-state index contributed by atoms with van der Waals surface area (Å²) in [4.78, 5) is 21.7. The number of rotatable bonds is 7. The normalized spacial score (nSPS) is 17.6. The number of benzene rings is 2. The molecule has 1 aliphatic carbocycles. The summed E-state index contributed by atoms with van der Waals surface area (Å²) >= 11 is 0. The zero-order valence-corrected chi connectivity index (χ0v) is 20.5. The number of aromatic nitrogens is 4. The molecule has 1 aliphatic rings. The quantitative estimate of drug-likeness (QED) is 0.350. The number of anilines is 1. The molecular weight excluding hydrogens is 475 g/mol. The molecule has 4 aromatic rings. The van der Waals surface area contributed by atoms with Crippen LogP contribution < -0.4 is 15.8 Å². The van der Waals surface area contributed by atoms with Crippen molar-refractivity contribution in [2.75, 3.05) is 19.5 Å². The van der Waals surface area contributed by atoms with E-state index in [9.17, 15) is 14.3 Å². The van der Waals surface area contributed by atoms with Crippen molar-refractivity contribution in [3.63, 3.8) is 0 Å². The van der Waals surface area contributed by atoms with Crippen LogP contribution in [0.3, 0.4) is 0 Å². The molecule has 2 heterocycles. The number of amides is 1. The number of imidazole rings is 1. The number of hydrogen-bond donors (Lipinski definition) is 3. The summed E-state index contributed by atoms with van der Waals surface area (Å²) in [6.07, 6.45) is 5.21. The maximum atomic E-state index is 13.6. The number of nitrogens with two attached hydrogens (primary N) is 1. The van der Waals surface area contributed by atoms with E-state index in [1.807, 2.05) is 24.3 Å². The minimum Gasteiger partial charge on any atom is -0.496 e. The van der Waals surface area contributed by atoms with Crippen molar-refractivity contribution in [1.82, 2.24) is 24.9 Å². The van der Waals surface area contributed by atoms with E-state index in [1.54, 1.807) is 4.52 Å². The van der Waals surface area contributed by atoms with Crippen LogP contribution in [0.25, 0.3) is 16.8 Å². The molecule has 0 atom stereocenters. The van der Waals surface area contributed by atoms with Crippen LogP contribution in [0.4, 0.5) is 10.2 Å². The molecule has 0 aliphatic heterocycles. The number of ether oxygens (including phenoxy) is 1. The van der Waals surface area contributed by atoms with E-state index in [0.29, 0.717) is 28.7 Å². The van der Waals surface area contributed by atoms with Gasteiger partial charge in [0.05, 0.1) is 12.7 Å². The molecule has 0 bridgehead atoms. The van der Waals surface area contributed by atoms with Gasteiger partial charge in [-0.1, -0.05) is 24.3 Å². The maximum Gasteiger partial charge on any atom is 0.255 e. The van der Waals surface area contributed by atoms with Gasteiger partial charge in [-0.25, -0.2) is 18.9 Å². The van der Waals surface area contributed by atoms with Crippen LogP contribution in [0, 0.1) is 11.7 Å². The monoisotopic (exact) mass is 504 g/mol. The lowest BCUT2D eigenvalue weighted by atomic mass is 9.82. The van der Waals surface area contributed by atoms with Gasteiger partial charge in [-0.3, -0.25) is 4.79 Å². The summed E-state index contributed by atoms with van der Waals surface area (Å²) in [5.41, 5.74) is 9.49. The van der Waals surface area contributed by atoms with Crippen molar-refractivity contribution in [3.05, 3.63) is 71.6 Å². The third kappa shape index (κ3) is 4.97. The predicted molar refractivity (Wildman–Crippen MR) is 137 cm³/mol. The van der Waals surface area contributed by atoms with Gasteiger partial charge < -0.3 is 20.9 Å². The molecule has 5 rings (SSSR count). The van der Waals surface area contributed by atoms with Crippen molar-refractivity contribution < 1.29 is 19.0 Å². The Hall–Kier alpha value is -4.05. The van der Waals surface area contributed by atoms with E-state index in [2.05, 4.69) is 15.4 Å². The summed E-state index contributed by atoms with van der Waals surface area (Å²) in [7, 11) is 1.44. The van der Waals surface area contributed by atoms with E-state index in [1.165, 1.54) is 25.6 Å². The van der Waals surface area contributed by atoms with Gasteiger partial charge in [0.15, 0.2) is 5.82 Å². The number of hydrogen-bond acceptors (Lipinski definition) is 7. The summed E-state index contributed by atoms with van der Waals surface area (Å²) in [5, 5.41) is 16.7. The topological polar surface area (TPSA) is 128 Å². The highest BCUT2D eigenvalue weighted by Gasteiger charge is 2.28. The van der Waals surface area contributed by atoms with E-state index in [-0.39, 0.29) is 24.6 Å². The minimum atomic E-state index is -0.508. The zero-order chi connectivity index (χ0) is 25.9. The van der Waals surface area contributed by atoms with Crippen LogP contribution in [0.1, 0.15) is 53.3 Å². The molecule has 0 radical (unpaired) electrons. The van der Waals surface area contributed by atoms with E-state index in [0.717, 1.165) is 48.7 Å². The van der Waals surface area contributed by atoms with Crippen molar-refractivity contribution in [1.29, 1.82) is 0 Å². The van der Waals surface area contributed by atoms with Crippen molar-refractivity contribution in [2.24, 2.45) is 5.92 Å². The largest absolute Gasteiger partial charge is 0.496 e. The first-order valence-corrected chi connectivity index (χ1v) is 12.3. The zero-order valence-electron chi connectivity index (χ0n) is 20.5. The summed E-state index contributed by atoms with van der Waals surface area (Å²) in [5.74, 6) is 1.16. The standard InChI is InChI=1S/C27H29FN6O3/c1-37-22-11-10-20(28)12-21(22)27(36)30-13-16-2-6-18(7-3-16)23-24-25(29)31-15-32-34(24)26(33-23)19-8-4-17(14-35)5-9-19/h2-3,6-7,10-12,15,17,19,35H,4-5,8-9,13-14H2,1H3,(H,30,36)(H2,29,31,32)/t17-,19-. The number of methoxy groups -OCH3 is 1. The summed E-state index contributed by atoms with van der Waals surface area (Å²) in [6.45, 7) is 0.477. The molecule has 10 heteroatoms. The second-order valence-corrected chi connectivity index (χ2v) is 9.35. The average Bonchev–Trinajstić information content (AvgIpc) is 3.33.